The Morgan fingerprint density at radius 1 is 0.925 bits per heavy atom. The van der Waals surface area contributed by atoms with Gasteiger partial charge in [-0.15, -0.1) is 0 Å². The normalized spacial score (nSPS) is 11.7. The number of aromatic nitrogens is 2. The molecule has 1 aromatic heterocycles. The Bertz CT molecular complexity index is 1680. The first-order valence-corrected chi connectivity index (χ1v) is 14.2. The van der Waals surface area contributed by atoms with Gasteiger partial charge in [0, 0.05) is 22.5 Å². The van der Waals surface area contributed by atoms with Crippen LogP contribution in [0.3, 0.4) is 0 Å². The topological polar surface area (TPSA) is 158 Å². The molecule has 40 heavy (non-hydrogen) atoms. The lowest BCUT2D eigenvalue weighted by Gasteiger charge is -2.24. The van der Waals surface area contributed by atoms with E-state index < -0.39 is 16.1 Å². The summed E-state index contributed by atoms with van der Waals surface area (Å²) < 4.78 is 38.0. The van der Waals surface area contributed by atoms with Crippen LogP contribution in [0.2, 0.25) is 0 Å². The minimum absolute atomic E-state index is 0.107. The Kier molecular flexibility index (Phi) is 7.74. The van der Waals surface area contributed by atoms with E-state index in [0.29, 0.717) is 28.7 Å². The Labute approximate surface area is 233 Å². The fraction of sp³-hybridized carbons (Fsp3) is 0.250. The molecule has 0 saturated heterocycles. The number of hydrogen-bond acceptors (Lipinski definition) is 8. The molecule has 0 aliphatic heterocycles. The molecule has 1 heterocycles. The van der Waals surface area contributed by atoms with Gasteiger partial charge in [0.15, 0.2) is 5.75 Å². The molecular formula is C28H32N6O5S. The summed E-state index contributed by atoms with van der Waals surface area (Å²) in [7, 11) is -2.20. The third-order valence-corrected chi connectivity index (χ3v) is 6.49. The predicted octanol–water partition coefficient (Wildman–Crippen LogP) is 5.63. The molecule has 5 N–H and O–H groups in total. The number of nitrogens with zero attached hydrogens (tertiary/aromatic N) is 2. The molecule has 12 heteroatoms. The zero-order valence-electron chi connectivity index (χ0n) is 23.1. The molecule has 0 saturated carbocycles. The highest BCUT2D eigenvalue weighted by Crippen LogP contribution is 2.39. The minimum Gasteiger partial charge on any atom is -0.492 e. The Morgan fingerprint density at radius 3 is 2.20 bits per heavy atom. The molecule has 0 fully saturated rings. The summed E-state index contributed by atoms with van der Waals surface area (Å²) in [5.74, 6) is 1.12. The maximum absolute atomic E-state index is 13.2. The SMILES string of the molecule is COc1c(NC(=O)Nc2ccc(Oc3cc(C)nc(N)n3)c3ccccc23)cc(C(C)(C)C)cc1NS(C)(=O)=O. The maximum Gasteiger partial charge on any atom is 0.323 e. The third-order valence-electron chi connectivity index (χ3n) is 5.90. The van der Waals surface area contributed by atoms with Gasteiger partial charge in [0.05, 0.1) is 30.4 Å². The summed E-state index contributed by atoms with van der Waals surface area (Å²) in [4.78, 5) is 21.4. The van der Waals surface area contributed by atoms with Crippen LogP contribution in [0.15, 0.2) is 54.6 Å². The van der Waals surface area contributed by atoms with Crippen LogP contribution in [0.5, 0.6) is 17.4 Å². The highest BCUT2D eigenvalue weighted by atomic mass is 32.2. The first kappa shape index (κ1) is 28.4. The minimum atomic E-state index is -3.61. The van der Waals surface area contributed by atoms with Crippen molar-refractivity contribution >= 4 is 49.8 Å². The van der Waals surface area contributed by atoms with E-state index in [0.717, 1.165) is 22.6 Å². The smallest absolute Gasteiger partial charge is 0.323 e. The molecule has 0 radical (unpaired) electrons. The van der Waals surface area contributed by atoms with Gasteiger partial charge in [-0.3, -0.25) is 4.72 Å². The molecule has 0 aliphatic carbocycles. The number of anilines is 4. The number of nitrogens with one attached hydrogen (secondary N) is 3. The van der Waals surface area contributed by atoms with Crippen LogP contribution in [0.4, 0.5) is 27.8 Å². The zero-order chi connectivity index (χ0) is 29.2. The van der Waals surface area contributed by atoms with Crippen molar-refractivity contribution in [1.29, 1.82) is 0 Å². The second-order valence-corrected chi connectivity index (χ2v) is 12.0. The number of rotatable bonds is 7. The van der Waals surface area contributed by atoms with E-state index in [2.05, 4.69) is 25.3 Å². The number of sulfonamides is 1. The van der Waals surface area contributed by atoms with E-state index in [9.17, 15) is 13.2 Å². The third kappa shape index (κ3) is 6.70. The van der Waals surface area contributed by atoms with Gasteiger partial charge in [-0.05, 0) is 42.2 Å². The van der Waals surface area contributed by atoms with Crippen LogP contribution in [-0.4, -0.2) is 37.8 Å². The lowest BCUT2D eigenvalue weighted by Crippen LogP contribution is -2.22. The fourth-order valence-electron chi connectivity index (χ4n) is 4.12. The molecule has 0 spiro atoms. The average Bonchev–Trinajstić information content (AvgIpc) is 2.83. The van der Waals surface area contributed by atoms with Gasteiger partial charge in [-0.25, -0.2) is 18.2 Å². The van der Waals surface area contributed by atoms with Crippen molar-refractivity contribution in [2.75, 3.05) is 34.5 Å². The second-order valence-electron chi connectivity index (χ2n) is 10.3. The molecule has 210 valence electrons. The van der Waals surface area contributed by atoms with Crippen LogP contribution in [0.1, 0.15) is 32.0 Å². The molecule has 3 aromatic carbocycles. The van der Waals surface area contributed by atoms with Gasteiger partial charge in [0.25, 0.3) is 0 Å². The average molecular weight is 565 g/mol. The monoisotopic (exact) mass is 564 g/mol. The molecule has 11 nitrogen and oxygen atoms in total. The number of benzene rings is 3. The number of fused-ring (bicyclic) bond motifs is 1. The van der Waals surface area contributed by atoms with Crippen LogP contribution < -0.4 is 30.6 Å². The van der Waals surface area contributed by atoms with Crippen molar-refractivity contribution in [2.24, 2.45) is 0 Å². The Balaban J connectivity index is 1.66. The number of carbonyl (C=O) groups excluding carboxylic acids is 1. The van der Waals surface area contributed by atoms with Crippen molar-refractivity contribution in [2.45, 2.75) is 33.1 Å². The maximum atomic E-state index is 13.2. The van der Waals surface area contributed by atoms with Gasteiger partial charge in [-0.2, -0.15) is 4.98 Å². The molecule has 0 bridgehead atoms. The summed E-state index contributed by atoms with van der Waals surface area (Å²) in [6.07, 6.45) is 1.05. The molecule has 2 amide bonds. The number of methoxy groups -OCH3 is 1. The van der Waals surface area contributed by atoms with Crippen molar-refractivity contribution in [3.05, 3.63) is 65.9 Å². The Morgan fingerprint density at radius 2 is 1.57 bits per heavy atom. The molecular weight excluding hydrogens is 532 g/mol. The zero-order valence-corrected chi connectivity index (χ0v) is 23.9. The van der Waals surface area contributed by atoms with Crippen LogP contribution >= 0.6 is 0 Å². The number of hydrogen-bond donors (Lipinski definition) is 4. The standard InChI is InChI=1S/C28H32N6O5S/c1-16-13-24(33-26(29)30-16)39-23-12-11-20(18-9-7-8-10-19(18)23)31-27(35)32-21-14-17(28(2,3)4)15-22(25(21)38-5)34-40(6,36)37/h7-15,34H,1-6H3,(H2,29,30,33)(H2,31,32,35). The van der Waals surface area contributed by atoms with Gasteiger partial charge < -0.3 is 25.8 Å². The Hall–Kier alpha value is -4.58. The van der Waals surface area contributed by atoms with E-state index >= 15 is 0 Å². The van der Waals surface area contributed by atoms with Crippen molar-refractivity contribution < 1.29 is 22.7 Å². The number of amides is 2. The quantitative estimate of drug-likeness (QED) is 0.225. The molecule has 4 rings (SSSR count). The number of nitrogen functional groups attached to an aromatic ring is 1. The fourth-order valence-corrected chi connectivity index (χ4v) is 4.67. The number of urea groups is 1. The highest BCUT2D eigenvalue weighted by molar-refractivity contribution is 7.92. The van der Waals surface area contributed by atoms with Crippen molar-refractivity contribution in [1.82, 2.24) is 9.97 Å². The van der Waals surface area contributed by atoms with E-state index in [1.54, 1.807) is 37.3 Å². The van der Waals surface area contributed by atoms with E-state index in [4.69, 9.17) is 15.2 Å². The number of carbonyl (C=O) groups is 1. The van der Waals surface area contributed by atoms with Gasteiger partial charge in [-0.1, -0.05) is 45.0 Å². The van der Waals surface area contributed by atoms with Gasteiger partial charge in [0.2, 0.25) is 21.9 Å². The summed E-state index contributed by atoms with van der Waals surface area (Å²) in [6, 6.07) is 15.5. The van der Waals surface area contributed by atoms with Crippen LogP contribution in [0, 0.1) is 6.92 Å². The van der Waals surface area contributed by atoms with E-state index in [1.807, 2.05) is 45.0 Å². The first-order valence-electron chi connectivity index (χ1n) is 12.3. The second kappa shape index (κ2) is 10.9. The molecule has 0 atom stereocenters. The lowest BCUT2D eigenvalue weighted by atomic mass is 9.86. The number of nitrogens with two attached hydrogens (primary N) is 1. The van der Waals surface area contributed by atoms with Crippen LogP contribution in [-0.2, 0) is 15.4 Å². The largest absolute Gasteiger partial charge is 0.492 e. The van der Waals surface area contributed by atoms with Crippen molar-refractivity contribution in [3.63, 3.8) is 0 Å². The number of ether oxygens (including phenoxy) is 2. The molecule has 0 unspecified atom stereocenters. The first-order chi connectivity index (χ1) is 18.7. The number of aryl methyl sites for hydroxylation is 1. The summed E-state index contributed by atoms with van der Waals surface area (Å²) >= 11 is 0. The lowest BCUT2D eigenvalue weighted by molar-refractivity contribution is 0.262. The highest BCUT2D eigenvalue weighted by Gasteiger charge is 2.22. The van der Waals surface area contributed by atoms with E-state index in [-0.39, 0.29) is 22.8 Å². The summed E-state index contributed by atoms with van der Waals surface area (Å²) in [5, 5.41) is 7.15. The molecule has 0 aliphatic rings. The predicted molar refractivity (Wildman–Crippen MR) is 158 cm³/mol. The molecule has 4 aromatic rings. The van der Waals surface area contributed by atoms with E-state index in [1.165, 1.54) is 7.11 Å². The van der Waals surface area contributed by atoms with Crippen LogP contribution in [0.25, 0.3) is 10.8 Å². The van der Waals surface area contributed by atoms with Gasteiger partial charge >= 0.3 is 6.03 Å². The van der Waals surface area contributed by atoms with Gasteiger partial charge in [0.1, 0.15) is 5.75 Å². The van der Waals surface area contributed by atoms with Crippen molar-refractivity contribution in [3.8, 4) is 17.4 Å². The summed E-state index contributed by atoms with van der Waals surface area (Å²) in [5.41, 5.74) is 7.94. The summed E-state index contributed by atoms with van der Waals surface area (Å²) in [6.45, 7) is 7.74.